The van der Waals surface area contributed by atoms with Crippen molar-refractivity contribution in [3.63, 3.8) is 0 Å². The number of rotatable bonds is 4. The number of benzene rings is 1. The van der Waals surface area contributed by atoms with Gasteiger partial charge in [0.05, 0.1) is 5.01 Å². The molecule has 0 aliphatic carbocycles. The SMILES string of the molecule is CNC(C)c1cnc(Cc2ccc(Br)cc2)s1. The van der Waals surface area contributed by atoms with E-state index in [1.807, 2.05) is 13.2 Å². The molecule has 90 valence electrons. The van der Waals surface area contributed by atoms with E-state index in [0.29, 0.717) is 6.04 Å². The molecule has 0 radical (unpaired) electrons. The van der Waals surface area contributed by atoms with Gasteiger partial charge in [-0.1, -0.05) is 28.1 Å². The maximum absolute atomic E-state index is 4.47. The van der Waals surface area contributed by atoms with Gasteiger partial charge in [0.2, 0.25) is 0 Å². The predicted molar refractivity (Wildman–Crippen MR) is 76.5 cm³/mol. The quantitative estimate of drug-likeness (QED) is 0.929. The Kier molecular flexibility index (Phi) is 4.31. The van der Waals surface area contributed by atoms with Crippen LogP contribution in [-0.2, 0) is 6.42 Å². The second kappa shape index (κ2) is 5.76. The first kappa shape index (κ1) is 12.7. The summed E-state index contributed by atoms with van der Waals surface area (Å²) in [6.45, 7) is 2.15. The van der Waals surface area contributed by atoms with E-state index in [2.05, 4.69) is 57.4 Å². The third-order valence-electron chi connectivity index (χ3n) is 2.70. The Morgan fingerprint density at radius 3 is 2.71 bits per heavy atom. The largest absolute Gasteiger partial charge is 0.312 e. The minimum absolute atomic E-state index is 0.381. The normalized spacial score (nSPS) is 12.6. The van der Waals surface area contributed by atoms with Crippen molar-refractivity contribution < 1.29 is 0 Å². The standard InChI is InChI=1S/C13H15BrN2S/c1-9(15-2)12-8-16-13(17-12)7-10-3-5-11(14)6-4-10/h3-6,8-9,15H,7H2,1-2H3. The fourth-order valence-electron chi connectivity index (χ4n) is 1.53. The van der Waals surface area contributed by atoms with Gasteiger partial charge in [-0.25, -0.2) is 4.98 Å². The topological polar surface area (TPSA) is 24.9 Å². The molecule has 2 rings (SSSR count). The van der Waals surface area contributed by atoms with Crippen LogP contribution in [0.15, 0.2) is 34.9 Å². The molecule has 0 amide bonds. The van der Waals surface area contributed by atoms with Gasteiger partial charge in [-0.15, -0.1) is 11.3 Å². The minimum atomic E-state index is 0.381. The molecular formula is C13H15BrN2S. The first-order chi connectivity index (χ1) is 8.19. The van der Waals surface area contributed by atoms with Crippen molar-refractivity contribution >= 4 is 27.3 Å². The van der Waals surface area contributed by atoms with Crippen molar-refractivity contribution in [1.82, 2.24) is 10.3 Å². The average molecular weight is 311 g/mol. The Morgan fingerprint density at radius 2 is 2.06 bits per heavy atom. The zero-order valence-electron chi connectivity index (χ0n) is 9.90. The van der Waals surface area contributed by atoms with E-state index in [-0.39, 0.29) is 0 Å². The summed E-state index contributed by atoms with van der Waals surface area (Å²) in [5.74, 6) is 0. The van der Waals surface area contributed by atoms with Crippen LogP contribution in [0.4, 0.5) is 0 Å². The fraction of sp³-hybridized carbons (Fsp3) is 0.308. The Balaban J connectivity index is 2.08. The Labute approximate surface area is 114 Å². The van der Waals surface area contributed by atoms with Crippen LogP contribution in [0.25, 0.3) is 0 Å². The van der Waals surface area contributed by atoms with Gasteiger partial charge in [0.1, 0.15) is 0 Å². The number of nitrogens with one attached hydrogen (secondary N) is 1. The molecule has 4 heteroatoms. The van der Waals surface area contributed by atoms with Gasteiger partial charge >= 0.3 is 0 Å². The molecule has 0 saturated carbocycles. The summed E-state index contributed by atoms with van der Waals surface area (Å²) in [7, 11) is 1.97. The van der Waals surface area contributed by atoms with E-state index in [0.717, 1.165) is 10.9 Å². The van der Waals surface area contributed by atoms with Gasteiger partial charge in [0.25, 0.3) is 0 Å². The van der Waals surface area contributed by atoms with Crippen molar-refractivity contribution in [2.45, 2.75) is 19.4 Å². The highest BCUT2D eigenvalue weighted by Crippen LogP contribution is 2.22. The van der Waals surface area contributed by atoms with Gasteiger partial charge in [-0.2, -0.15) is 0 Å². The molecule has 17 heavy (non-hydrogen) atoms. The Hall–Kier alpha value is -0.710. The van der Waals surface area contributed by atoms with Crippen LogP contribution < -0.4 is 5.32 Å². The zero-order chi connectivity index (χ0) is 12.3. The number of hydrogen-bond acceptors (Lipinski definition) is 3. The molecule has 1 aromatic heterocycles. The first-order valence-electron chi connectivity index (χ1n) is 5.55. The third-order valence-corrected chi connectivity index (χ3v) is 4.41. The maximum atomic E-state index is 4.47. The Morgan fingerprint density at radius 1 is 1.35 bits per heavy atom. The third kappa shape index (κ3) is 3.37. The molecule has 1 heterocycles. The molecule has 2 nitrogen and oxygen atoms in total. The second-order valence-electron chi connectivity index (χ2n) is 3.97. The van der Waals surface area contributed by atoms with Crippen molar-refractivity contribution in [1.29, 1.82) is 0 Å². The molecule has 0 aliphatic heterocycles. The molecule has 0 spiro atoms. The Bertz CT molecular complexity index is 478. The van der Waals surface area contributed by atoms with Gasteiger partial charge in [-0.05, 0) is 31.7 Å². The molecule has 1 atom stereocenters. The number of nitrogens with zero attached hydrogens (tertiary/aromatic N) is 1. The molecule has 0 bridgehead atoms. The zero-order valence-corrected chi connectivity index (χ0v) is 12.3. The van der Waals surface area contributed by atoms with Gasteiger partial charge in [-0.3, -0.25) is 0 Å². The number of thiazole rings is 1. The van der Waals surface area contributed by atoms with Gasteiger partial charge in [0, 0.05) is 28.0 Å². The predicted octanol–water partition coefficient (Wildman–Crippen LogP) is 3.78. The number of halogens is 1. The average Bonchev–Trinajstić information content (AvgIpc) is 2.80. The van der Waals surface area contributed by atoms with E-state index in [1.165, 1.54) is 15.4 Å². The smallest absolute Gasteiger partial charge is 0.0972 e. The van der Waals surface area contributed by atoms with Crippen molar-refractivity contribution in [3.8, 4) is 0 Å². The molecule has 0 saturated heterocycles. The molecular weight excluding hydrogens is 296 g/mol. The van der Waals surface area contributed by atoms with Crippen LogP contribution in [0, 0.1) is 0 Å². The van der Waals surface area contributed by atoms with Crippen LogP contribution in [0.1, 0.15) is 28.4 Å². The summed E-state index contributed by atoms with van der Waals surface area (Å²) in [5, 5.41) is 4.40. The molecule has 2 aromatic rings. The summed E-state index contributed by atoms with van der Waals surface area (Å²) in [6, 6.07) is 8.78. The first-order valence-corrected chi connectivity index (χ1v) is 7.16. The van der Waals surface area contributed by atoms with E-state index < -0.39 is 0 Å². The van der Waals surface area contributed by atoms with E-state index >= 15 is 0 Å². The maximum Gasteiger partial charge on any atom is 0.0972 e. The van der Waals surface area contributed by atoms with Crippen molar-refractivity contribution in [2.75, 3.05) is 7.05 Å². The minimum Gasteiger partial charge on any atom is -0.312 e. The molecule has 0 aliphatic rings. The van der Waals surface area contributed by atoms with Crippen LogP contribution in [0.2, 0.25) is 0 Å². The summed E-state index contributed by atoms with van der Waals surface area (Å²) in [6.07, 6.45) is 2.88. The fourth-order valence-corrected chi connectivity index (χ4v) is 2.81. The summed E-state index contributed by atoms with van der Waals surface area (Å²) in [5.41, 5.74) is 1.30. The highest BCUT2D eigenvalue weighted by atomic mass is 79.9. The number of hydrogen-bond donors (Lipinski definition) is 1. The van der Waals surface area contributed by atoms with Crippen molar-refractivity contribution in [2.24, 2.45) is 0 Å². The summed E-state index contributed by atoms with van der Waals surface area (Å²) < 4.78 is 1.12. The van der Waals surface area contributed by atoms with Gasteiger partial charge < -0.3 is 5.32 Å². The molecule has 0 fully saturated rings. The monoisotopic (exact) mass is 310 g/mol. The van der Waals surface area contributed by atoms with Crippen molar-refractivity contribution in [3.05, 3.63) is 50.4 Å². The second-order valence-corrected chi connectivity index (χ2v) is 6.03. The van der Waals surface area contributed by atoms with E-state index in [9.17, 15) is 0 Å². The lowest BCUT2D eigenvalue weighted by Gasteiger charge is -2.04. The highest BCUT2D eigenvalue weighted by molar-refractivity contribution is 9.10. The van der Waals surface area contributed by atoms with Crippen LogP contribution in [0.3, 0.4) is 0 Å². The van der Waals surface area contributed by atoms with E-state index in [1.54, 1.807) is 11.3 Å². The number of aromatic nitrogens is 1. The molecule has 1 unspecified atom stereocenters. The lowest BCUT2D eigenvalue weighted by Crippen LogP contribution is -2.10. The van der Waals surface area contributed by atoms with Crippen LogP contribution in [-0.4, -0.2) is 12.0 Å². The van der Waals surface area contributed by atoms with Gasteiger partial charge in [0.15, 0.2) is 0 Å². The van der Waals surface area contributed by atoms with Crippen LogP contribution >= 0.6 is 27.3 Å². The lowest BCUT2D eigenvalue weighted by atomic mass is 10.2. The summed E-state index contributed by atoms with van der Waals surface area (Å²) in [4.78, 5) is 5.76. The highest BCUT2D eigenvalue weighted by Gasteiger charge is 2.08. The summed E-state index contributed by atoms with van der Waals surface area (Å²) >= 11 is 5.22. The van der Waals surface area contributed by atoms with Crippen LogP contribution in [0.5, 0.6) is 0 Å². The lowest BCUT2D eigenvalue weighted by molar-refractivity contribution is 0.662. The van der Waals surface area contributed by atoms with E-state index in [4.69, 9.17) is 0 Å². The molecule has 1 N–H and O–H groups in total. The molecule has 1 aromatic carbocycles.